The van der Waals surface area contributed by atoms with E-state index in [-0.39, 0.29) is 10.6 Å². The molecule has 1 aromatic carbocycles. The van der Waals surface area contributed by atoms with E-state index in [1.165, 1.54) is 6.07 Å². The number of nitriles is 1. The lowest BCUT2D eigenvalue weighted by atomic mass is 10.1. The van der Waals surface area contributed by atoms with Gasteiger partial charge in [0.1, 0.15) is 17.4 Å². The summed E-state index contributed by atoms with van der Waals surface area (Å²) in [5, 5.41) is 8.94. The molecule has 1 aromatic rings. The molecule has 0 heterocycles. The third-order valence-electron chi connectivity index (χ3n) is 2.08. The van der Waals surface area contributed by atoms with Gasteiger partial charge in [0.05, 0.1) is 5.02 Å². The minimum Gasteiger partial charge on any atom is -0.205 e. The Kier molecular flexibility index (Phi) is 3.91. The fourth-order valence-electron chi connectivity index (χ4n) is 1.26. The number of rotatable bonds is 3. The van der Waals surface area contributed by atoms with Gasteiger partial charge in [-0.2, -0.15) is 5.26 Å². The Hall–Kier alpha value is -1.07. The number of aryl methyl sites for hydroxylation is 1. The summed E-state index contributed by atoms with van der Waals surface area (Å²) in [6, 6.07) is 4.72. The minimum absolute atomic E-state index is 0.0414. The van der Waals surface area contributed by atoms with E-state index in [1.54, 1.807) is 12.1 Å². The first-order valence-corrected chi connectivity index (χ1v) is 4.95. The van der Waals surface area contributed by atoms with Crippen LogP contribution in [0.3, 0.4) is 0 Å². The van der Waals surface area contributed by atoms with Crippen molar-refractivity contribution in [2.24, 2.45) is 0 Å². The van der Waals surface area contributed by atoms with Crippen molar-refractivity contribution in [3.63, 3.8) is 0 Å². The fourth-order valence-corrected chi connectivity index (χ4v) is 1.55. The Morgan fingerprint density at radius 2 is 2.21 bits per heavy atom. The van der Waals surface area contributed by atoms with E-state index in [1.807, 2.05) is 0 Å². The van der Waals surface area contributed by atoms with Gasteiger partial charge in [-0.25, -0.2) is 4.39 Å². The number of hydrogen-bond donors (Lipinski definition) is 0. The van der Waals surface area contributed by atoms with Gasteiger partial charge in [0.2, 0.25) is 0 Å². The van der Waals surface area contributed by atoms with Crippen molar-refractivity contribution < 1.29 is 4.39 Å². The molecule has 1 nitrogen and oxygen atoms in total. The molecular formula is C11H11ClFN. The Balaban J connectivity index is 3.04. The molecule has 0 atom stereocenters. The Labute approximate surface area is 88.1 Å². The summed E-state index contributed by atoms with van der Waals surface area (Å²) in [7, 11) is 0. The molecule has 0 unspecified atom stereocenters. The molecule has 0 saturated carbocycles. The highest BCUT2D eigenvalue weighted by molar-refractivity contribution is 6.32. The molecule has 0 aliphatic rings. The van der Waals surface area contributed by atoms with Crippen molar-refractivity contribution in [2.75, 3.05) is 0 Å². The molecule has 0 aromatic heterocycles. The molecule has 0 aliphatic heterocycles. The van der Waals surface area contributed by atoms with E-state index in [0.29, 0.717) is 0 Å². The third kappa shape index (κ3) is 2.24. The summed E-state index contributed by atoms with van der Waals surface area (Å²) in [5.74, 6) is -0.544. The first-order valence-electron chi connectivity index (χ1n) is 4.57. The molecule has 0 fully saturated rings. The molecule has 0 amide bonds. The zero-order valence-electron chi connectivity index (χ0n) is 7.98. The van der Waals surface area contributed by atoms with E-state index in [9.17, 15) is 4.39 Å². The fraction of sp³-hybridized carbons (Fsp3) is 0.364. The SMILES string of the molecule is CCCCc1ccc(F)c(C#N)c1Cl. The molecule has 0 saturated heterocycles. The maximum Gasteiger partial charge on any atom is 0.142 e. The van der Waals surface area contributed by atoms with E-state index < -0.39 is 5.82 Å². The van der Waals surface area contributed by atoms with Crippen LogP contribution in [0.15, 0.2) is 12.1 Å². The molecule has 0 bridgehead atoms. The van der Waals surface area contributed by atoms with Gasteiger partial charge in [-0.3, -0.25) is 0 Å². The first-order chi connectivity index (χ1) is 6.70. The second-order valence-corrected chi connectivity index (χ2v) is 3.49. The summed E-state index contributed by atoms with van der Waals surface area (Å²) < 4.78 is 13.0. The normalized spacial score (nSPS) is 9.86. The summed E-state index contributed by atoms with van der Waals surface area (Å²) in [6.07, 6.45) is 2.84. The zero-order chi connectivity index (χ0) is 10.6. The Morgan fingerprint density at radius 1 is 1.50 bits per heavy atom. The smallest absolute Gasteiger partial charge is 0.142 e. The van der Waals surface area contributed by atoms with Crippen molar-refractivity contribution in [2.45, 2.75) is 26.2 Å². The van der Waals surface area contributed by atoms with Crippen LogP contribution in [-0.2, 0) is 6.42 Å². The van der Waals surface area contributed by atoms with Crippen molar-refractivity contribution in [1.82, 2.24) is 0 Å². The van der Waals surface area contributed by atoms with Gasteiger partial charge in [-0.15, -0.1) is 0 Å². The first kappa shape index (κ1) is 11.0. The number of unbranched alkanes of at least 4 members (excludes halogenated alkanes) is 1. The van der Waals surface area contributed by atoms with Gasteiger partial charge in [-0.1, -0.05) is 31.0 Å². The lowest BCUT2D eigenvalue weighted by Gasteiger charge is -2.05. The van der Waals surface area contributed by atoms with Crippen LogP contribution < -0.4 is 0 Å². The van der Waals surface area contributed by atoms with Gasteiger partial charge >= 0.3 is 0 Å². The predicted molar refractivity (Wildman–Crippen MR) is 54.7 cm³/mol. The quantitative estimate of drug-likeness (QED) is 0.748. The molecular weight excluding hydrogens is 201 g/mol. The van der Waals surface area contributed by atoms with Crippen LogP contribution in [0.4, 0.5) is 4.39 Å². The maximum absolute atomic E-state index is 13.0. The van der Waals surface area contributed by atoms with Crippen molar-refractivity contribution >= 4 is 11.6 Å². The van der Waals surface area contributed by atoms with E-state index >= 15 is 0 Å². The van der Waals surface area contributed by atoms with Crippen molar-refractivity contribution in [1.29, 1.82) is 5.26 Å². The second-order valence-electron chi connectivity index (χ2n) is 3.11. The molecule has 0 spiro atoms. The monoisotopic (exact) mass is 211 g/mol. The van der Waals surface area contributed by atoms with Crippen molar-refractivity contribution in [3.05, 3.63) is 34.1 Å². The number of benzene rings is 1. The van der Waals surface area contributed by atoms with E-state index in [2.05, 4.69) is 6.92 Å². The number of halogens is 2. The summed E-state index contributed by atoms with van der Waals surface area (Å²) >= 11 is 5.89. The topological polar surface area (TPSA) is 23.8 Å². The van der Waals surface area contributed by atoms with E-state index in [4.69, 9.17) is 16.9 Å². The molecule has 0 aliphatic carbocycles. The van der Waals surface area contributed by atoms with Crippen LogP contribution in [0.2, 0.25) is 5.02 Å². The van der Waals surface area contributed by atoms with E-state index in [0.717, 1.165) is 24.8 Å². The molecule has 1 rings (SSSR count). The summed E-state index contributed by atoms with van der Waals surface area (Å²) in [6.45, 7) is 2.07. The Morgan fingerprint density at radius 3 is 2.79 bits per heavy atom. The van der Waals surface area contributed by atoms with Crippen LogP contribution in [0.25, 0.3) is 0 Å². The second kappa shape index (κ2) is 4.97. The number of hydrogen-bond acceptors (Lipinski definition) is 1. The molecule has 3 heteroatoms. The largest absolute Gasteiger partial charge is 0.205 e. The highest BCUT2D eigenvalue weighted by Gasteiger charge is 2.10. The van der Waals surface area contributed by atoms with Crippen LogP contribution in [0.1, 0.15) is 30.9 Å². The predicted octanol–water partition coefficient (Wildman–Crippen LogP) is 3.69. The maximum atomic E-state index is 13.0. The van der Waals surface area contributed by atoms with Gasteiger partial charge in [0, 0.05) is 0 Å². The average molecular weight is 212 g/mol. The lowest BCUT2D eigenvalue weighted by molar-refractivity contribution is 0.622. The Bertz CT molecular complexity index is 368. The highest BCUT2D eigenvalue weighted by atomic mass is 35.5. The molecule has 0 N–H and O–H groups in total. The molecule has 14 heavy (non-hydrogen) atoms. The lowest BCUT2D eigenvalue weighted by Crippen LogP contribution is -1.92. The summed E-state index contributed by atoms with van der Waals surface area (Å²) in [5.41, 5.74) is 0.812. The summed E-state index contributed by atoms with van der Waals surface area (Å²) in [4.78, 5) is 0. The van der Waals surface area contributed by atoms with Crippen LogP contribution in [0.5, 0.6) is 0 Å². The standard InChI is InChI=1S/C11H11ClFN/c1-2-3-4-8-5-6-10(13)9(7-14)11(8)12/h5-6H,2-4H2,1H3. The van der Waals surface area contributed by atoms with Gasteiger partial charge < -0.3 is 0 Å². The zero-order valence-corrected chi connectivity index (χ0v) is 8.74. The van der Waals surface area contributed by atoms with Gasteiger partial charge in [0.15, 0.2) is 0 Å². The molecule has 0 radical (unpaired) electrons. The van der Waals surface area contributed by atoms with Crippen LogP contribution in [0, 0.1) is 17.1 Å². The van der Waals surface area contributed by atoms with Crippen LogP contribution in [-0.4, -0.2) is 0 Å². The average Bonchev–Trinajstić information content (AvgIpc) is 2.18. The highest BCUT2D eigenvalue weighted by Crippen LogP contribution is 2.24. The number of nitrogens with zero attached hydrogens (tertiary/aromatic N) is 1. The van der Waals surface area contributed by atoms with Crippen molar-refractivity contribution in [3.8, 4) is 6.07 Å². The minimum atomic E-state index is -0.544. The van der Waals surface area contributed by atoms with Gasteiger partial charge in [0.25, 0.3) is 0 Å². The van der Waals surface area contributed by atoms with Gasteiger partial charge in [-0.05, 0) is 24.5 Å². The molecule has 74 valence electrons. The van der Waals surface area contributed by atoms with Crippen LogP contribution >= 0.6 is 11.6 Å². The third-order valence-corrected chi connectivity index (χ3v) is 2.51.